The summed E-state index contributed by atoms with van der Waals surface area (Å²) in [4.78, 5) is 2.07. The van der Waals surface area contributed by atoms with E-state index in [-0.39, 0.29) is 0 Å². The lowest BCUT2D eigenvalue weighted by Crippen LogP contribution is -2.08. The minimum absolute atomic E-state index is 0.992. The molecule has 2 aromatic rings. The molecule has 0 unspecified atom stereocenters. The molecular weight excluding hydrogens is 234 g/mol. The first-order chi connectivity index (χ1) is 9.15. The van der Waals surface area contributed by atoms with E-state index in [9.17, 15) is 0 Å². The average Bonchev–Trinajstić information content (AvgIpc) is 2.41. The molecule has 1 N–H and O–H groups in total. The fourth-order valence-electron chi connectivity index (χ4n) is 1.67. The number of hydrogen-bond acceptors (Lipinski definition) is 3. The number of nitrogens with one attached hydrogen (secondary N) is 1. The van der Waals surface area contributed by atoms with E-state index >= 15 is 0 Å². The molecule has 0 fully saturated rings. The molecule has 0 aliphatic rings. The molecular formula is C16H19N3. The number of hydrazone groups is 1. The van der Waals surface area contributed by atoms with E-state index in [0.29, 0.717) is 0 Å². The summed E-state index contributed by atoms with van der Waals surface area (Å²) < 4.78 is 0. The lowest BCUT2D eigenvalue weighted by molar-refractivity contribution is 1.13. The molecule has 0 atom stereocenters. The average molecular weight is 253 g/mol. The number of anilines is 2. The van der Waals surface area contributed by atoms with E-state index < -0.39 is 0 Å². The van der Waals surface area contributed by atoms with Gasteiger partial charge in [0, 0.05) is 19.8 Å². The predicted octanol–water partition coefficient (Wildman–Crippen LogP) is 3.51. The highest BCUT2D eigenvalue weighted by molar-refractivity contribution is 5.80. The second-order valence-corrected chi connectivity index (χ2v) is 4.72. The highest BCUT2D eigenvalue weighted by atomic mass is 15.3. The zero-order chi connectivity index (χ0) is 13.7. The van der Waals surface area contributed by atoms with E-state index in [1.165, 1.54) is 11.3 Å². The molecule has 3 heteroatoms. The van der Waals surface area contributed by atoms with Gasteiger partial charge in [-0.1, -0.05) is 29.8 Å². The molecule has 0 saturated heterocycles. The topological polar surface area (TPSA) is 27.6 Å². The molecule has 0 aromatic heterocycles. The summed E-state index contributed by atoms with van der Waals surface area (Å²) >= 11 is 0. The summed E-state index contributed by atoms with van der Waals surface area (Å²) in [5, 5.41) is 4.23. The molecule has 0 bridgehead atoms. The van der Waals surface area contributed by atoms with Gasteiger partial charge in [-0.05, 0) is 36.8 Å². The van der Waals surface area contributed by atoms with E-state index in [1.54, 1.807) is 0 Å². The van der Waals surface area contributed by atoms with Crippen molar-refractivity contribution in [1.82, 2.24) is 0 Å². The van der Waals surface area contributed by atoms with Crippen molar-refractivity contribution in [2.24, 2.45) is 5.10 Å². The summed E-state index contributed by atoms with van der Waals surface area (Å²) in [6.45, 7) is 2.07. The molecule has 3 nitrogen and oxygen atoms in total. The van der Waals surface area contributed by atoms with Gasteiger partial charge in [-0.15, -0.1) is 0 Å². The molecule has 0 aliphatic heterocycles. The molecule has 2 aromatic carbocycles. The monoisotopic (exact) mass is 253 g/mol. The van der Waals surface area contributed by atoms with Gasteiger partial charge in [0.25, 0.3) is 0 Å². The van der Waals surface area contributed by atoms with Gasteiger partial charge in [0.2, 0.25) is 0 Å². The van der Waals surface area contributed by atoms with Crippen LogP contribution in [-0.4, -0.2) is 20.3 Å². The van der Waals surface area contributed by atoms with Gasteiger partial charge in [0.1, 0.15) is 0 Å². The molecule has 98 valence electrons. The minimum Gasteiger partial charge on any atom is -0.378 e. The van der Waals surface area contributed by atoms with E-state index in [1.807, 2.05) is 32.4 Å². The third-order valence-corrected chi connectivity index (χ3v) is 2.87. The van der Waals surface area contributed by atoms with Gasteiger partial charge in [-0.25, -0.2) is 0 Å². The Morgan fingerprint density at radius 2 is 1.58 bits per heavy atom. The lowest BCUT2D eigenvalue weighted by atomic mass is 10.2. The smallest absolute Gasteiger partial charge is 0.0561 e. The van der Waals surface area contributed by atoms with Crippen LogP contribution in [0.5, 0.6) is 0 Å². The van der Waals surface area contributed by atoms with Crippen molar-refractivity contribution in [3.8, 4) is 0 Å². The van der Waals surface area contributed by atoms with Crippen molar-refractivity contribution in [2.75, 3.05) is 24.4 Å². The highest BCUT2D eigenvalue weighted by Crippen LogP contribution is 2.11. The van der Waals surface area contributed by atoms with Crippen LogP contribution in [0, 0.1) is 6.92 Å². The Labute approximate surface area is 114 Å². The Morgan fingerprint density at radius 3 is 2.16 bits per heavy atom. The van der Waals surface area contributed by atoms with E-state index in [0.717, 1.165) is 11.3 Å². The Balaban J connectivity index is 1.97. The molecule has 0 radical (unpaired) electrons. The fourth-order valence-corrected chi connectivity index (χ4v) is 1.67. The van der Waals surface area contributed by atoms with Gasteiger partial charge >= 0.3 is 0 Å². The predicted molar refractivity (Wildman–Crippen MR) is 83.2 cm³/mol. The summed E-state index contributed by atoms with van der Waals surface area (Å²) in [5.41, 5.74) is 7.51. The normalized spacial score (nSPS) is 10.7. The number of aryl methyl sites for hydroxylation is 1. The lowest BCUT2D eigenvalue weighted by Gasteiger charge is -2.11. The largest absolute Gasteiger partial charge is 0.378 e. The van der Waals surface area contributed by atoms with Gasteiger partial charge in [-0.2, -0.15) is 5.10 Å². The van der Waals surface area contributed by atoms with Crippen molar-refractivity contribution < 1.29 is 0 Å². The van der Waals surface area contributed by atoms with Crippen LogP contribution in [-0.2, 0) is 0 Å². The Hall–Kier alpha value is -2.29. The summed E-state index contributed by atoms with van der Waals surface area (Å²) in [7, 11) is 4.06. The SMILES string of the molecule is Cc1ccc(N/N=C\c2ccc(N(C)C)cc2)cc1. The highest BCUT2D eigenvalue weighted by Gasteiger charge is 1.94. The van der Waals surface area contributed by atoms with Crippen LogP contribution >= 0.6 is 0 Å². The second kappa shape index (κ2) is 6.05. The van der Waals surface area contributed by atoms with Crippen LogP contribution in [0.25, 0.3) is 0 Å². The van der Waals surface area contributed by atoms with Crippen LogP contribution in [0.3, 0.4) is 0 Å². The summed E-state index contributed by atoms with van der Waals surface area (Å²) in [6.07, 6.45) is 1.82. The first-order valence-corrected chi connectivity index (χ1v) is 6.28. The Bertz CT molecular complexity index is 539. The van der Waals surface area contributed by atoms with Crippen LogP contribution in [0.4, 0.5) is 11.4 Å². The summed E-state index contributed by atoms with van der Waals surface area (Å²) in [6, 6.07) is 16.4. The quantitative estimate of drug-likeness (QED) is 0.667. The molecule has 0 heterocycles. The van der Waals surface area contributed by atoms with Crippen LogP contribution in [0.15, 0.2) is 53.6 Å². The van der Waals surface area contributed by atoms with Crippen LogP contribution in [0.1, 0.15) is 11.1 Å². The van der Waals surface area contributed by atoms with Gasteiger partial charge in [0.05, 0.1) is 11.9 Å². The first-order valence-electron chi connectivity index (χ1n) is 6.28. The number of benzene rings is 2. The number of hydrogen-bond donors (Lipinski definition) is 1. The number of nitrogens with zero attached hydrogens (tertiary/aromatic N) is 2. The maximum Gasteiger partial charge on any atom is 0.0561 e. The van der Waals surface area contributed by atoms with Gasteiger partial charge in [0.15, 0.2) is 0 Å². The van der Waals surface area contributed by atoms with Gasteiger partial charge in [-0.3, -0.25) is 5.43 Å². The fraction of sp³-hybridized carbons (Fsp3) is 0.188. The van der Waals surface area contributed by atoms with Crippen molar-refractivity contribution in [1.29, 1.82) is 0 Å². The maximum absolute atomic E-state index is 4.23. The van der Waals surface area contributed by atoms with Crippen LogP contribution < -0.4 is 10.3 Å². The van der Waals surface area contributed by atoms with E-state index in [2.05, 4.69) is 58.7 Å². The molecule has 0 saturated carbocycles. The molecule has 19 heavy (non-hydrogen) atoms. The maximum atomic E-state index is 4.23. The number of rotatable bonds is 4. The molecule has 0 spiro atoms. The van der Waals surface area contributed by atoms with Gasteiger partial charge < -0.3 is 4.90 Å². The standard InChI is InChI=1S/C16H19N3/c1-13-4-8-15(9-5-13)18-17-12-14-6-10-16(11-7-14)19(2)3/h4-12,18H,1-3H3/b17-12-. The first kappa shape index (κ1) is 13.1. The third kappa shape index (κ3) is 3.85. The molecule has 0 amide bonds. The van der Waals surface area contributed by atoms with E-state index in [4.69, 9.17) is 0 Å². The van der Waals surface area contributed by atoms with Crippen molar-refractivity contribution in [3.05, 3.63) is 59.7 Å². The second-order valence-electron chi connectivity index (χ2n) is 4.72. The zero-order valence-electron chi connectivity index (χ0n) is 11.6. The van der Waals surface area contributed by atoms with Crippen molar-refractivity contribution in [2.45, 2.75) is 6.92 Å². The van der Waals surface area contributed by atoms with Crippen LogP contribution in [0.2, 0.25) is 0 Å². The molecule has 2 rings (SSSR count). The Morgan fingerprint density at radius 1 is 0.947 bits per heavy atom. The zero-order valence-corrected chi connectivity index (χ0v) is 11.6. The van der Waals surface area contributed by atoms with Crippen molar-refractivity contribution in [3.63, 3.8) is 0 Å². The Kier molecular flexibility index (Phi) is 4.18. The minimum atomic E-state index is 0.992. The third-order valence-electron chi connectivity index (χ3n) is 2.87. The van der Waals surface area contributed by atoms with Crippen molar-refractivity contribution >= 4 is 17.6 Å². The molecule has 0 aliphatic carbocycles. The summed E-state index contributed by atoms with van der Waals surface area (Å²) in [5.74, 6) is 0.